The Kier molecular flexibility index (Phi) is 12.5. The molecule has 0 amide bonds. The highest BCUT2D eigenvalue weighted by molar-refractivity contribution is 5.13. The highest BCUT2D eigenvalue weighted by Crippen LogP contribution is 2.51. The topological polar surface area (TPSA) is 83.1 Å². The van der Waals surface area contributed by atoms with Gasteiger partial charge in [0.25, 0.3) is 0 Å². The molecule has 1 aromatic rings. The van der Waals surface area contributed by atoms with Gasteiger partial charge in [0.05, 0.1) is 97.1 Å². The summed E-state index contributed by atoms with van der Waals surface area (Å²) in [6, 6.07) is 10.2. The second kappa shape index (κ2) is 16.1. The van der Waals surface area contributed by atoms with E-state index in [2.05, 4.69) is 12.1 Å². The van der Waals surface area contributed by atoms with Crippen molar-refractivity contribution in [1.29, 1.82) is 0 Å². The number of rotatable bonds is 20. The van der Waals surface area contributed by atoms with E-state index in [4.69, 9.17) is 42.6 Å². The molecule has 2 aliphatic heterocycles. The molecule has 2 heterocycles. The van der Waals surface area contributed by atoms with E-state index in [0.29, 0.717) is 72.7 Å². The minimum absolute atomic E-state index is 0.0528. The summed E-state index contributed by atoms with van der Waals surface area (Å²) >= 11 is 0. The minimum atomic E-state index is -0.103. The Labute approximate surface area is 220 Å². The molecule has 4 unspecified atom stereocenters. The summed E-state index contributed by atoms with van der Waals surface area (Å²) in [6.07, 6.45) is 1.91. The van der Waals surface area contributed by atoms with Crippen LogP contribution in [0.25, 0.3) is 0 Å². The highest BCUT2D eigenvalue weighted by Gasteiger charge is 2.61. The molecule has 2 saturated carbocycles. The van der Waals surface area contributed by atoms with E-state index in [0.717, 1.165) is 18.4 Å². The fourth-order valence-electron chi connectivity index (χ4n) is 5.76. The molecule has 0 spiro atoms. The molecule has 2 aliphatic carbocycles. The van der Waals surface area contributed by atoms with Gasteiger partial charge in [-0.3, -0.25) is 0 Å². The number of hydrogen-bond donors (Lipinski definition) is 0. The van der Waals surface area contributed by atoms with Gasteiger partial charge in [-0.05, 0) is 18.4 Å². The molecule has 2 saturated heterocycles. The molecule has 37 heavy (non-hydrogen) atoms. The van der Waals surface area contributed by atoms with Gasteiger partial charge in [0.2, 0.25) is 0 Å². The van der Waals surface area contributed by atoms with Gasteiger partial charge in [0.15, 0.2) is 0 Å². The van der Waals surface area contributed by atoms with Crippen LogP contribution in [0.5, 0.6) is 0 Å². The third kappa shape index (κ3) is 8.42. The fraction of sp³-hybridized carbons (Fsp3) is 0.786. The van der Waals surface area contributed by atoms with E-state index in [1.165, 1.54) is 0 Å². The Balaban J connectivity index is 1.30. The van der Waals surface area contributed by atoms with Crippen molar-refractivity contribution in [3.05, 3.63) is 35.9 Å². The van der Waals surface area contributed by atoms with E-state index >= 15 is 0 Å². The molecule has 7 atom stereocenters. The van der Waals surface area contributed by atoms with Gasteiger partial charge in [0.1, 0.15) is 6.10 Å². The molecule has 4 bridgehead atoms. The first-order valence-electron chi connectivity index (χ1n) is 13.6. The van der Waals surface area contributed by atoms with Crippen molar-refractivity contribution in [3.8, 4) is 0 Å². The first kappa shape index (κ1) is 28.9. The molecule has 5 rings (SSSR count). The van der Waals surface area contributed by atoms with Crippen LogP contribution in [0, 0.1) is 11.8 Å². The van der Waals surface area contributed by atoms with Gasteiger partial charge >= 0.3 is 0 Å². The summed E-state index contributed by atoms with van der Waals surface area (Å²) in [4.78, 5) is 0. The number of methoxy groups -OCH3 is 2. The molecular formula is C28H44O9. The quantitative estimate of drug-likeness (QED) is 0.239. The minimum Gasteiger partial charge on any atom is -0.382 e. The van der Waals surface area contributed by atoms with E-state index in [1.54, 1.807) is 14.2 Å². The maximum Gasteiger partial charge on any atom is 0.111 e. The largest absolute Gasteiger partial charge is 0.382 e. The standard InChI is InChI=1S/C28H44O9/c1-29-8-10-31-12-15-34-25-23-18-22-19-24(25)27(36-17-14-33-20-21-6-4-3-5-7-21)28(37-22)26(23)35-16-13-32-11-9-30-2/h3-7,22-28H,8-20H2,1-2H3/t22?,23-,24?,25+,26?,27+,28?/m0/s1. The Morgan fingerprint density at radius 3 is 1.70 bits per heavy atom. The fourth-order valence-corrected chi connectivity index (χ4v) is 5.76. The Hall–Kier alpha value is -1.14. The Morgan fingerprint density at radius 1 is 0.622 bits per heavy atom. The van der Waals surface area contributed by atoms with Crippen molar-refractivity contribution in [1.82, 2.24) is 0 Å². The monoisotopic (exact) mass is 524 g/mol. The van der Waals surface area contributed by atoms with Crippen LogP contribution in [0.3, 0.4) is 0 Å². The van der Waals surface area contributed by atoms with Gasteiger partial charge in [-0.15, -0.1) is 0 Å². The van der Waals surface area contributed by atoms with Crippen LogP contribution in [0.1, 0.15) is 18.4 Å². The Bertz CT molecular complexity index is 702. The maximum atomic E-state index is 6.44. The van der Waals surface area contributed by atoms with Gasteiger partial charge in [-0.25, -0.2) is 0 Å². The van der Waals surface area contributed by atoms with Gasteiger partial charge in [-0.1, -0.05) is 30.3 Å². The van der Waals surface area contributed by atoms with Crippen molar-refractivity contribution in [2.24, 2.45) is 11.8 Å². The lowest BCUT2D eigenvalue weighted by atomic mass is 9.62. The maximum absolute atomic E-state index is 6.44. The SMILES string of the molecule is COCCOCCOC1C2OC3CC([C@H]2OCCOCc2ccccc2)[C@H](OCCOCCOC)[C@@H]1C3. The van der Waals surface area contributed by atoms with Gasteiger partial charge in [0, 0.05) is 26.1 Å². The van der Waals surface area contributed by atoms with Crippen molar-refractivity contribution in [3.63, 3.8) is 0 Å². The van der Waals surface area contributed by atoms with Gasteiger partial charge in [-0.2, -0.15) is 0 Å². The second-order valence-electron chi connectivity index (χ2n) is 9.78. The number of benzene rings is 1. The molecular weight excluding hydrogens is 480 g/mol. The third-order valence-electron chi connectivity index (χ3n) is 7.34. The van der Waals surface area contributed by atoms with Crippen molar-refractivity contribution in [2.45, 2.75) is 50.0 Å². The van der Waals surface area contributed by atoms with E-state index < -0.39 is 0 Å². The van der Waals surface area contributed by atoms with Crippen LogP contribution in [0.2, 0.25) is 0 Å². The summed E-state index contributed by atoms with van der Waals surface area (Å²) < 4.78 is 52.9. The van der Waals surface area contributed by atoms with Crippen LogP contribution in [0.4, 0.5) is 0 Å². The zero-order valence-corrected chi connectivity index (χ0v) is 22.3. The van der Waals surface area contributed by atoms with Crippen LogP contribution in [-0.2, 0) is 49.2 Å². The summed E-state index contributed by atoms with van der Waals surface area (Å²) in [6.45, 7) is 5.98. The average molecular weight is 525 g/mol. The molecule has 0 radical (unpaired) electrons. The zero-order chi connectivity index (χ0) is 25.7. The first-order chi connectivity index (χ1) is 18.3. The van der Waals surface area contributed by atoms with Gasteiger partial charge < -0.3 is 42.6 Å². The normalized spacial score (nSPS) is 30.3. The lowest BCUT2D eigenvalue weighted by Crippen LogP contribution is -2.69. The van der Waals surface area contributed by atoms with Crippen molar-refractivity contribution >= 4 is 0 Å². The molecule has 9 nitrogen and oxygen atoms in total. The van der Waals surface area contributed by atoms with Crippen LogP contribution in [0.15, 0.2) is 30.3 Å². The molecule has 9 heteroatoms. The summed E-state index contributed by atoms with van der Waals surface area (Å²) in [5.41, 5.74) is 1.16. The third-order valence-corrected chi connectivity index (χ3v) is 7.34. The van der Waals surface area contributed by atoms with E-state index in [-0.39, 0.29) is 42.4 Å². The molecule has 4 aliphatic rings. The molecule has 0 N–H and O–H groups in total. The highest BCUT2D eigenvalue weighted by atomic mass is 16.6. The molecule has 1 aromatic carbocycles. The molecule has 210 valence electrons. The van der Waals surface area contributed by atoms with Crippen LogP contribution >= 0.6 is 0 Å². The van der Waals surface area contributed by atoms with E-state index in [1.807, 2.05) is 18.2 Å². The summed E-state index contributed by atoms with van der Waals surface area (Å²) in [5, 5.41) is 0. The second-order valence-corrected chi connectivity index (χ2v) is 9.78. The molecule has 0 aromatic heterocycles. The lowest BCUT2D eigenvalue weighted by Gasteiger charge is -2.60. The van der Waals surface area contributed by atoms with Crippen molar-refractivity contribution < 1.29 is 42.6 Å². The summed E-state index contributed by atoms with van der Waals surface area (Å²) in [7, 11) is 3.34. The average Bonchev–Trinajstić information content (AvgIpc) is 2.92. The Morgan fingerprint density at radius 2 is 1.14 bits per heavy atom. The lowest BCUT2D eigenvalue weighted by molar-refractivity contribution is -0.315. The first-order valence-corrected chi connectivity index (χ1v) is 13.6. The zero-order valence-electron chi connectivity index (χ0n) is 22.3. The number of hydrogen-bond acceptors (Lipinski definition) is 9. The predicted molar refractivity (Wildman–Crippen MR) is 136 cm³/mol. The van der Waals surface area contributed by atoms with Crippen LogP contribution in [-0.4, -0.2) is 111 Å². The smallest absolute Gasteiger partial charge is 0.111 e. The van der Waals surface area contributed by atoms with Crippen molar-refractivity contribution in [2.75, 3.05) is 80.3 Å². The predicted octanol–water partition coefficient (Wildman–Crippen LogP) is 2.49. The van der Waals surface area contributed by atoms with Crippen LogP contribution < -0.4 is 0 Å². The van der Waals surface area contributed by atoms with E-state index in [9.17, 15) is 0 Å². The molecule has 4 fully saturated rings. The summed E-state index contributed by atoms with van der Waals surface area (Å²) in [5.74, 6) is 0.544. The number of ether oxygens (including phenoxy) is 9.